The predicted molar refractivity (Wildman–Crippen MR) is 106 cm³/mol. The molecule has 2 amide bonds. The van der Waals surface area contributed by atoms with Gasteiger partial charge in [-0.2, -0.15) is 0 Å². The van der Waals surface area contributed by atoms with Crippen molar-refractivity contribution in [2.24, 2.45) is 5.92 Å². The Bertz CT molecular complexity index is 833. The molecule has 1 unspecified atom stereocenters. The van der Waals surface area contributed by atoms with E-state index in [4.69, 9.17) is 11.6 Å². The van der Waals surface area contributed by atoms with Gasteiger partial charge in [0.05, 0.1) is 17.3 Å². The molecular weight excluding hydrogens is 350 g/mol. The molecule has 3 rings (SSSR count). The Morgan fingerprint density at radius 3 is 2.54 bits per heavy atom. The van der Waals surface area contributed by atoms with E-state index in [-0.39, 0.29) is 18.2 Å². The molecule has 2 aromatic rings. The van der Waals surface area contributed by atoms with Crippen LogP contribution in [0.1, 0.15) is 12.0 Å². The molecule has 2 aromatic carbocycles. The van der Waals surface area contributed by atoms with Crippen molar-refractivity contribution in [1.29, 1.82) is 0 Å². The van der Waals surface area contributed by atoms with Crippen LogP contribution >= 0.6 is 11.6 Å². The summed E-state index contributed by atoms with van der Waals surface area (Å²) in [4.78, 5) is 28.7. The second-order valence-corrected chi connectivity index (χ2v) is 7.22. The number of nitrogens with zero attached hydrogens (tertiary/aromatic N) is 2. The van der Waals surface area contributed by atoms with Crippen molar-refractivity contribution in [3.63, 3.8) is 0 Å². The largest absolute Gasteiger partial charge is 0.376 e. The number of rotatable bonds is 4. The number of benzene rings is 2. The zero-order chi connectivity index (χ0) is 18.8. The van der Waals surface area contributed by atoms with E-state index < -0.39 is 5.92 Å². The van der Waals surface area contributed by atoms with Gasteiger partial charge >= 0.3 is 0 Å². The van der Waals surface area contributed by atoms with Crippen LogP contribution in [-0.4, -0.2) is 32.5 Å². The Kier molecular flexibility index (Phi) is 5.18. The summed E-state index contributed by atoms with van der Waals surface area (Å²) < 4.78 is 0. The van der Waals surface area contributed by atoms with Gasteiger partial charge in [0.25, 0.3) is 0 Å². The molecule has 0 aromatic heterocycles. The third kappa shape index (κ3) is 3.83. The van der Waals surface area contributed by atoms with Gasteiger partial charge in [-0.15, -0.1) is 0 Å². The molecule has 1 fully saturated rings. The van der Waals surface area contributed by atoms with E-state index in [1.165, 1.54) is 0 Å². The number of hydrogen-bond acceptors (Lipinski definition) is 3. The zero-order valence-electron chi connectivity index (χ0n) is 15.1. The van der Waals surface area contributed by atoms with Crippen molar-refractivity contribution < 1.29 is 9.59 Å². The van der Waals surface area contributed by atoms with Gasteiger partial charge in [0, 0.05) is 37.8 Å². The van der Waals surface area contributed by atoms with Crippen LogP contribution in [0.2, 0.25) is 5.02 Å². The molecule has 0 saturated carbocycles. The average molecular weight is 372 g/mol. The first kappa shape index (κ1) is 18.3. The molecule has 0 aliphatic carbocycles. The number of anilines is 3. The Hall–Kier alpha value is -2.53. The van der Waals surface area contributed by atoms with Crippen LogP contribution in [0.3, 0.4) is 0 Å². The van der Waals surface area contributed by atoms with Gasteiger partial charge in [-0.1, -0.05) is 29.3 Å². The van der Waals surface area contributed by atoms with Crippen LogP contribution in [0.25, 0.3) is 0 Å². The SMILES string of the molecule is Cc1ccc(N2CC(C(=O)Nc3cc(Cl)ccc3N(C)C)CC2=O)cc1. The van der Waals surface area contributed by atoms with Gasteiger partial charge in [-0.05, 0) is 37.3 Å². The Balaban J connectivity index is 1.75. The zero-order valence-corrected chi connectivity index (χ0v) is 15.9. The lowest BCUT2D eigenvalue weighted by Crippen LogP contribution is -2.28. The van der Waals surface area contributed by atoms with Crippen molar-refractivity contribution in [2.45, 2.75) is 13.3 Å². The maximum absolute atomic E-state index is 12.7. The molecule has 1 N–H and O–H groups in total. The first-order valence-electron chi connectivity index (χ1n) is 8.50. The monoisotopic (exact) mass is 371 g/mol. The lowest BCUT2D eigenvalue weighted by molar-refractivity contribution is -0.122. The molecule has 0 bridgehead atoms. The summed E-state index contributed by atoms with van der Waals surface area (Å²) in [6, 6.07) is 13.1. The minimum Gasteiger partial charge on any atom is -0.376 e. The van der Waals surface area contributed by atoms with E-state index in [0.29, 0.717) is 17.3 Å². The molecule has 1 aliphatic heterocycles. The molecule has 0 radical (unpaired) electrons. The smallest absolute Gasteiger partial charge is 0.229 e. The van der Waals surface area contributed by atoms with Gasteiger partial charge in [-0.25, -0.2) is 0 Å². The van der Waals surface area contributed by atoms with Gasteiger partial charge in [0.2, 0.25) is 11.8 Å². The van der Waals surface area contributed by atoms with E-state index in [2.05, 4.69) is 5.32 Å². The fraction of sp³-hybridized carbons (Fsp3) is 0.300. The van der Waals surface area contributed by atoms with Crippen molar-refractivity contribution in [2.75, 3.05) is 35.8 Å². The quantitative estimate of drug-likeness (QED) is 0.891. The molecule has 1 atom stereocenters. The molecule has 5 nitrogen and oxygen atoms in total. The highest BCUT2D eigenvalue weighted by molar-refractivity contribution is 6.31. The van der Waals surface area contributed by atoms with E-state index >= 15 is 0 Å². The molecule has 1 saturated heterocycles. The summed E-state index contributed by atoms with van der Waals surface area (Å²) in [5, 5.41) is 3.48. The highest BCUT2D eigenvalue weighted by Crippen LogP contribution is 2.30. The summed E-state index contributed by atoms with van der Waals surface area (Å²) in [7, 11) is 3.80. The van der Waals surface area contributed by atoms with Crippen molar-refractivity contribution in [3.05, 3.63) is 53.1 Å². The maximum Gasteiger partial charge on any atom is 0.229 e. The normalized spacial score (nSPS) is 16.7. The Morgan fingerprint density at radius 1 is 1.19 bits per heavy atom. The Morgan fingerprint density at radius 2 is 1.88 bits per heavy atom. The summed E-state index contributed by atoms with van der Waals surface area (Å²) in [5.41, 5.74) is 3.47. The second kappa shape index (κ2) is 7.38. The molecule has 1 heterocycles. The summed E-state index contributed by atoms with van der Waals surface area (Å²) in [6.45, 7) is 2.38. The number of carbonyl (C=O) groups excluding carboxylic acids is 2. The van der Waals surface area contributed by atoms with Gasteiger partial charge in [0.1, 0.15) is 0 Å². The fourth-order valence-electron chi connectivity index (χ4n) is 3.09. The van der Waals surface area contributed by atoms with Crippen LogP contribution in [-0.2, 0) is 9.59 Å². The van der Waals surface area contributed by atoms with Crippen molar-refractivity contribution in [1.82, 2.24) is 0 Å². The third-order valence-corrected chi connectivity index (χ3v) is 4.77. The topological polar surface area (TPSA) is 52.7 Å². The molecule has 1 aliphatic rings. The highest BCUT2D eigenvalue weighted by atomic mass is 35.5. The number of nitrogens with one attached hydrogen (secondary N) is 1. The lowest BCUT2D eigenvalue weighted by Gasteiger charge is -2.20. The Labute approximate surface area is 158 Å². The van der Waals surface area contributed by atoms with Crippen LogP contribution in [0.5, 0.6) is 0 Å². The molecular formula is C20H22ClN3O2. The van der Waals surface area contributed by atoms with E-state index in [1.807, 2.05) is 56.3 Å². The first-order valence-corrected chi connectivity index (χ1v) is 8.87. The van der Waals surface area contributed by atoms with Crippen molar-refractivity contribution in [3.8, 4) is 0 Å². The number of carbonyl (C=O) groups is 2. The van der Waals surface area contributed by atoms with Crippen LogP contribution in [0.4, 0.5) is 17.1 Å². The first-order chi connectivity index (χ1) is 12.3. The molecule has 6 heteroatoms. The van der Waals surface area contributed by atoms with Crippen molar-refractivity contribution >= 4 is 40.5 Å². The third-order valence-electron chi connectivity index (χ3n) is 4.54. The van der Waals surface area contributed by atoms with E-state index in [9.17, 15) is 9.59 Å². The fourth-order valence-corrected chi connectivity index (χ4v) is 3.26. The van der Waals surface area contributed by atoms with Gasteiger partial charge in [0.15, 0.2) is 0 Å². The summed E-state index contributed by atoms with van der Waals surface area (Å²) >= 11 is 6.07. The number of aryl methyl sites for hydroxylation is 1. The second-order valence-electron chi connectivity index (χ2n) is 6.79. The summed E-state index contributed by atoms with van der Waals surface area (Å²) in [5.74, 6) is -0.593. The van der Waals surface area contributed by atoms with Crippen LogP contribution in [0, 0.1) is 12.8 Å². The van der Waals surface area contributed by atoms with E-state index in [0.717, 1.165) is 16.9 Å². The minimum absolute atomic E-state index is 0.0343. The summed E-state index contributed by atoms with van der Waals surface area (Å²) in [6.07, 6.45) is 0.206. The van der Waals surface area contributed by atoms with E-state index in [1.54, 1.807) is 17.0 Å². The highest BCUT2D eigenvalue weighted by Gasteiger charge is 2.35. The number of hydrogen-bond donors (Lipinski definition) is 1. The minimum atomic E-state index is -0.391. The van der Waals surface area contributed by atoms with Crippen LogP contribution < -0.4 is 15.1 Å². The molecule has 136 valence electrons. The van der Waals surface area contributed by atoms with Crippen LogP contribution in [0.15, 0.2) is 42.5 Å². The number of halogens is 1. The average Bonchev–Trinajstić information content (AvgIpc) is 2.97. The standard InChI is InChI=1S/C20H22ClN3O2/c1-13-4-7-16(8-5-13)24-12-14(10-19(24)25)20(26)22-17-11-15(21)6-9-18(17)23(2)3/h4-9,11,14H,10,12H2,1-3H3,(H,22,26). The predicted octanol–water partition coefficient (Wildman–Crippen LogP) is 3.71. The maximum atomic E-state index is 12.7. The van der Waals surface area contributed by atoms with Gasteiger partial charge in [-0.3, -0.25) is 9.59 Å². The molecule has 26 heavy (non-hydrogen) atoms. The molecule has 0 spiro atoms. The lowest BCUT2D eigenvalue weighted by atomic mass is 10.1. The van der Waals surface area contributed by atoms with Gasteiger partial charge < -0.3 is 15.1 Å². The number of amides is 2.